The van der Waals surface area contributed by atoms with E-state index in [0.29, 0.717) is 17.7 Å². The van der Waals surface area contributed by atoms with Crippen molar-refractivity contribution in [2.75, 3.05) is 0 Å². The fourth-order valence-electron chi connectivity index (χ4n) is 2.53. The smallest absolute Gasteiger partial charge is 0.287 e. The Balaban J connectivity index is 1.92. The molecular formula is C13H19NO2. The lowest BCUT2D eigenvalue weighted by atomic mass is 9.80. The van der Waals surface area contributed by atoms with Crippen molar-refractivity contribution in [3.05, 3.63) is 24.2 Å². The van der Waals surface area contributed by atoms with Crippen LogP contribution in [0.4, 0.5) is 0 Å². The van der Waals surface area contributed by atoms with Crippen LogP contribution in [0.3, 0.4) is 0 Å². The van der Waals surface area contributed by atoms with E-state index < -0.39 is 0 Å². The van der Waals surface area contributed by atoms with Crippen LogP contribution in [-0.2, 0) is 0 Å². The highest BCUT2D eigenvalue weighted by Gasteiger charge is 2.27. The number of carbonyl (C=O) groups is 1. The molecule has 1 aromatic rings. The molecule has 1 N–H and O–H groups in total. The molecule has 3 nitrogen and oxygen atoms in total. The van der Waals surface area contributed by atoms with Gasteiger partial charge in [0.1, 0.15) is 0 Å². The Hall–Kier alpha value is -1.25. The Bertz CT molecular complexity index is 345. The van der Waals surface area contributed by atoms with Crippen molar-refractivity contribution < 1.29 is 9.21 Å². The monoisotopic (exact) mass is 221 g/mol. The summed E-state index contributed by atoms with van der Waals surface area (Å²) in [6.45, 7) is 4.49. The van der Waals surface area contributed by atoms with E-state index in [-0.39, 0.29) is 5.91 Å². The fourth-order valence-corrected chi connectivity index (χ4v) is 2.53. The van der Waals surface area contributed by atoms with E-state index in [9.17, 15) is 4.79 Å². The first-order chi connectivity index (χ1) is 7.66. The van der Waals surface area contributed by atoms with Gasteiger partial charge in [0.2, 0.25) is 0 Å². The first-order valence-corrected chi connectivity index (χ1v) is 6.01. The third-order valence-electron chi connectivity index (χ3n) is 3.49. The maximum Gasteiger partial charge on any atom is 0.287 e. The van der Waals surface area contributed by atoms with Crippen LogP contribution in [0.25, 0.3) is 0 Å². The molecule has 88 valence electrons. The number of nitrogens with one attached hydrogen (secondary N) is 1. The molecular weight excluding hydrogens is 202 g/mol. The van der Waals surface area contributed by atoms with E-state index in [0.717, 1.165) is 12.3 Å². The summed E-state index contributed by atoms with van der Waals surface area (Å²) in [5.74, 6) is 1.66. The lowest BCUT2D eigenvalue weighted by molar-refractivity contribution is 0.0871. The quantitative estimate of drug-likeness (QED) is 0.834. The summed E-state index contributed by atoms with van der Waals surface area (Å²) in [5.41, 5.74) is 0. The third-order valence-corrected chi connectivity index (χ3v) is 3.49. The molecule has 0 radical (unpaired) electrons. The van der Waals surface area contributed by atoms with Crippen molar-refractivity contribution in [2.24, 2.45) is 11.8 Å². The third kappa shape index (κ3) is 2.46. The van der Waals surface area contributed by atoms with Crippen molar-refractivity contribution in [3.63, 3.8) is 0 Å². The van der Waals surface area contributed by atoms with Crippen molar-refractivity contribution >= 4 is 5.91 Å². The zero-order valence-corrected chi connectivity index (χ0v) is 9.90. The van der Waals surface area contributed by atoms with Gasteiger partial charge < -0.3 is 9.73 Å². The maximum atomic E-state index is 11.8. The van der Waals surface area contributed by atoms with Gasteiger partial charge in [-0.15, -0.1) is 0 Å². The number of furan rings is 1. The normalized spacial score (nSPS) is 30.0. The van der Waals surface area contributed by atoms with E-state index >= 15 is 0 Å². The Morgan fingerprint density at radius 3 is 2.88 bits per heavy atom. The fraction of sp³-hybridized carbons (Fsp3) is 0.615. The molecule has 16 heavy (non-hydrogen) atoms. The average Bonchev–Trinajstić information content (AvgIpc) is 2.75. The van der Waals surface area contributed by atoms with Crippen LogP contribution in [-0.4, -0.2) is 11.9 Å². The van der Waals surface area contributed by atoms with Gasteiger partial charge in [-0.2, -0.15) is 0 Å². The lowest BCUT2D eigenvalue weighted by Crippen LogP contribution is -2.42. The second-order valence-corrected chi connectivity index (χ2v) is 4.95. The van der Waals surface area contributed by atoms with Crippen molar-refractivity contribution in [1.29, 1.82) is 0 Å². The molecule has 0 aromatic carbocycles. The summed E-state index contributed by atoms with van der Waals surface area (Å²) >= 11 is 0. The van der Waals surface area contributed by atoms with Crippen LogP contribution < -0.4 is 5.32 Å². The second kappa shape index (κ2) is 4.73. The first-order valence-electron chi connectivity index (χ1n) is 6.01. The average molecular weight is 221 g/mol. The molecule has 1 amide bonds. The van der Waals surface area contributed by atoms with Gasteiger partial charge in [0.15, 0.2) is 5.76 Å². The van der Waals surface area contributed by atoms with E-state index in [1.807, 2.05) is 0 Å². The van der Waals surface area contributed by atoms with Crippen molar-refractivity contribution in [1.82, 2.24) is 5.32 Å². The molecule has 1 aliphatic carbocycles. The lowest BCUT2D eigenvalue weighted by Gasteiger charge is -2.32. The highest BCUT2D eigenvalue weighted by Crippen LogP contribution is 2.28. The molecule has 1 saturated carbocycles. The zero-order chi connectivity index (χ0) is 11.5. The molecule has 3 unspecified atom stereocenters. The molecule has 0 saturated heterocycles. The molecule has 1 heterocycles. The summed E-state index contributed by atoms with van der Waals surface area (Å²) in [6, 6.07) is 3.74. The van der Waals surface area contributed by atoms with E-state index in [4.69, 9.17) is 4.42 Å². The molecule has 1 aromatic heterocycles. The molecule has 2 rings (SSSR count). The van der Waals surface area contributed by atoms with Gasteiger partial charge >= 0.3 is 0 Å². The predicted molar refractivity (Wildman–Crippen MR) is 62.1 cm³/mol. The largest absolute Gasteiger partial charge is 0.459 e. The predicted octanol–water partition coefficient (Wildman–Crippen LogP) is 2.83. The highest BCUT2D eigenvalue weighted by molar-refractivity contribution is 5.91. The maximum absolute atomic E-state index is 11.8. The van der Waals surface area contributed by atoms with Crippen LogP contribution >= 0.6 is 0 Å². The minimum Gasteiger partial charge on any atom is -0.459 e. The number of hydrogen-bond donors (Lipinski definition) is 1. The first kappa shape index (κ1) is 11.2. The SMILES string of the molecule is CC1CCC(NC(=O)c2ccco2)C(C)C1. The Labute approximate surface area is 96.2 Å². The molecule has 1 aliphatic rings. The van der Waals surface area contributed by atoms with Gasteiger partial charge in [0.05, 0.1) is 6.26 Å². The van der Waals surface area contributed by atoms with Crippen molar-refractivity contribution in [3.8, 4) is 0 Å². The van der Waals surface area contributed by atoms with Gasteiger partial charge in [-0.3, -0.25) is 4.79 Å². The van der Waals surface area contributed by atoms with Gasteiger partial charge in [-0.25, -0.2) is 0 Å². The molecule has 0 spiro atoms. The van der Waals surface area contributed by atoms with Crippen LogP contribution in [0, 0.1) is 11.8 Å². The summed E-state index contributed by atoms with van der Waals surface area (Å²) in [5, 5.41) is 3.06. The molecule has 3 heteroatoms. The van der Waals surface area contributed by atoms with Gasteiger partial charge in [0.25, 0.3) is 5.91 Å². The summed E-state index contributed by atoms with van der Waals surface area (Å²) in [6.07, 6.45) is 5.01. The summed E-state index contributed by atoms with van der Waals surface area (Å²) in [4.78, 5) is 11.8. The number of amides is 1. The van der Waals surface area contributed by atoms with Crippen LogP contribution in [0.5, 0.6) is 0 Å². The van der Waals surface area contributed by atoms with E-state index in [1.54, 1.807) is 12.1 Å². The van der Waals surface area contributed by atoms with Gasteiger partial charge in [-0.05, 0) is 43.2 Å². The minimum atomic E-state index is -0.0867. The van der Waals surface area contributed by atoms with Crippen LogP contribution in [0.15, 0.2) is 22.8 Å². The van der Waals surface area contributed by atoms with E-state index in [1.165, 1.54) is 19.1 Å². The molecule has 0 bridgehead atoms. The minimum absolute atomic E-state index is 0.0867. The highest BCUT2D eigenvalue weighted by atomic mass is 16.3. The summed E-state index contributed by atoms with van der Waals surface area (Å²) in [7, 11) is 0. The van der Waals surface area contributed by atoms with E-state index in [2.05, 4.69) is 19.2 Å². The Kier molecular flexibility index (Phi) is 3.32. The Morgan fingerprint density at radius 1 is 1.44 bits per heavy atom. The zero-order valence-electron chi connectivity index (χ0n) is 9.90. The molecule has 1 fully saturated rings. The summed E-state index contributed by atoms with van der Waals surface area (Å²) < 4.78 is 5.08. The number of hydrogen-bond acceptors (Lipinski definition) is 2. The van der Waals surface area contributed by atoms with Gasteiger partial charge in [0, 0.05) is 6.04 Å². The van der Waals surface area contributed by atoms with Crippen LogP contribution in [0.1, 0.15) is 43.7 Å². The molecule has 3 atom stereocenters. The topological polar surface area (TPSA) is 42.2 Å². The van der Waals surface area contributed by atoms with Crippen LogP contribution in [0.2, 0.25) is 0 Å². The Morgan fingerprint density at radius 2 is 2.25 bits per heavy atom. The van der Waals surface area contributed by atoms with Crippen molar-refractivity contribution in [2.45, 2.75) is 39.2 Å². The molecule has 0 aliphatic heterocycles. The number of carbonyl (C=O) groups excluding carboxylic acids is 1. The standard InChI is InChI=1S/C13H19NO2/c1-9-5-6-11(10(2)8-9)14-13(15)12-4-3-7-16-12/h3-4,7,9-11H,5-6,8H2,1-2H3,(H,14,15). The second-order valence-electron chi connectivity index (χ2n) is 4.95. The number of rotatable bonds is 2. The van der Waals surface area contributed by atoms with Gasteiger partial charge in [-0.1, -0.05) is 13.8 Å².